The molecule has 0 heterocycles. The molecule has 0 spiro atoms. The molecule has 1 amide bonds. The molecule has 19 heavy (non-hydrogen) atoms. The van der Waals surface area contributed by atoms with Crippen LogP contribution in [0.5, 0.6) is 5.75 Å². The first kappa shape index (κ1) is 13.3. The maximum Gasteiger partial charge on any atom is 0.271 e. The average molecular weight is 319 g/mol. The van der Waals surface area contributed by atoms with Crippen molar-refractivity contribution in [3.8, 4) is 5.75 Å². The van der Waals surface area contributed by atoms with Gasteiger partial charge in [-0.3, -0.25) is 4.79 Å². The van der Waals surface area contributed by atoms with Crippen molar-refractivity contribution in [3.05, 3.63) is 64.1 Å². The zero-order valence-electron chi connectivity index (χ0n) is 9.88. The summed E-state index contributed by atoms with van der Waals surface area (Å²) in [6.45, 7) is 0. The van der Waals surface area contributed by atoms with E-state index >= 15 is 0 Å². The van der Waals surface area contributed by atoms with Gasteiger partial charge in [0, 0.05) is 15.6 Å². The molecule has 2 aromatic carbocycles. The number of amides is 1. The SMILES string of the molecule is O=C(N/N=C/c1ccccc1Br)c1ccc(O)cc1. The lowest BCUT2D eigenvalue weighted by molar-refractivity contribution is 0.0955. The fourth-order valence-corrected chi connectivity index (χ4v) is 1.80. The van der Waals surface area contributed by atoms with Crippen molar-refractivity contribution in [1.29, 1.82) is 0 Å². The second-order valence-electron chi connectivity index (χ2n) is 3.77. The molecule has 0 aliphatic rings. The van der Waals surface area contributed by atoms with Crippen LogP contribution in [0.2, 0.25) is 0 Å². The summed E-state index contributed by atoms with van der Waals surface area (Å²) >= 11 is 3.38. The van der Waals surface area contributed by atoms with E-state index in [1.165, 1.54) is 24.3 Å². The first-order valence-electron chi connectivity index (χ1n) is 5.54. The minimum absolute atomic E-state index is 0.119. The molecule has 0 saturated heterocycles. The molecule has 4 nitrogen and oxygen atoms in total. The van der Waals surface area contributed by atoms with E-state index in [-0.39, 0.29) is 11.7 Å². The van der Waals surface area contributed by atoms with E-state index in [1.807, 2.05) is 24.3 Å². The van der Waals surface area contributed by atoms with Gasteiger partial charge in [-0.2, -0.15) is 5.10 Å². The van der Waals surface area contributed by atoms with Gasteiger partial charge in [0.15, 0.2) is 0 Å². The summed E-state index contributed by atoms with van der Waals surface area (Å²) in [6.07, 6.45) is 1.56. The normalized spacial score (nSPS) is 10.6. The molecular formula is C14H11BrN2O2. The maximum absolute atomic E-state index is 11.7. The van der Waals surface area contributed by atoms with E-state index in [9.17, 15) is 4.79 Å². The molecule has 0 radical (unpaired) electrons. The monoisotopic (exact) mass is 318 g/mol. The number of carbonyl (C=O) groups is 1. The Kier molecular flexibility index (Phi) is 4.30. The summed E-state index contributed by atoms with van der Waals surface area (Å²) in [4.78, 5) is 11.7. The van der Waals surface area contributed by atoms with Gasteiger partial charge in [-0.1, -0.05) is 34.1 Å². The number of hydrazone groups is 1. The lowest BCUT2D eigenvalue weighted by Crippen LogP contribution is -2.17. The minimum Gasteiger partial charge on any atom is -0.508 e. The highest BCUT2D eigenvalue weighted by Crippen LogP contribution is 2.13. The lowest BCUT2D eigenvalue weighted by atomic mass is 10.2. The van der Waals surface area contributed by atoms with Gasteiger partial charge in [0.1, 0.15) is 5.75 Å². The van der Waals surface area contributed by atoms with Crippen LogP contribution in [0.1, 0.15) is 15.9 Å². The van der Waals surface area contributed by atoms with Crippen molar-refractivity contribution in [2.75, 3.05) is 0 Å². The number of carbonyl (C=O) groups excluding carboxylic acids is 1. The number of phenolic OH excluding ortho intramolecular Hbond substituents is 1. The number of phenols is 1. The Morgan fingerprint density at radius 1 is 1.16 bits per heavy atom. The Bertz CT molecular complexity index is 609. The molecule has 0 aromatic heterocycles. The highest BCUT2D eigenvalue weighted by atomic mass is 79.9. The Labute approximate surface area is 118 Å². The number of aromatic hydroxyl groups is 1. The molecular weight excluding hydrogens is 308 g/mol. The Morgan fingerprint density at radius 3 is 2.53 bits per heavy atom. The van der Waals surface area contributed by atoms with E-state index in [1.54, 1.807) is 6.21 Å². The molecule has 0 saturated carbocycles. The third-order valence-electron chi connectivity index (χ3n) is 2.40. The summed E-state index contributed by atoms with van der Waals surface area (Å²) in [5.74, 6) is -0.212. The zero-order valence-corrected chi connectivity index (χ0v) is 11.5. The third-order valence-corrected chi connectivity index (χ3v) is 3.13. The number of halogens is 1. The van der Waals surface area contributed by atoms with E-state index in [4.69, 9.17) is 5.11 Å². The van der Waals surface area contributed by atoms with Crippen LogP contribution in [0, 0.1) is 0 Å². The van der Waals surface area contributed by atoms with Gasteiger partial charge in [-0.05, 0) is 30.3 Å². The van der Waals surface area contributed by atoms with Gasteiger partial charge < -0.3 is 5.11 Å². The first-order valence-corrected chi connectivity index (χ1v) is 6.33. The van der Waals surface area contributed by atoms with Crippen LogP contribution in [0.25, 0.3) is 0 Å². The number of hydrogen-bond acceptors (Lipinski definition) is 3. The molecule has 0 fully saturated rings. The molecule has 96 valence electrons. The van der Waals surface area contributed by atoms with E-state index in [2.05, 4.69) is 26.5 Å². The van der Waals surface area contributed by atoms with E-state index in [0.29, 0.717) is 5.56 Å². The highest BCUT2D eigenvalue weighted by Gasteiger charge is 2.03. The Balaban J connectivity index is 2.01. The summed E-state index contributed by atoms with van der Waals surface area (Å²) in [6, 6.07) is 13.5. The van der Waals surface area contributed by atoms with Gasteiger partial charge in [0.2, 0.25) is 0 Å². The largest absolute Gasteiger partial charge is 0.508 e. The average Bonchev–Trinajstić information content (AvgIpc) is 2.41. The molecule has 5 heteroatoms. The number of nitrogens with zero attached hydrogens (tertiary/aromatic N) is 1. The summed E-state index contributed by atoms with van der Waals surface area (Å²) in [7, 11) is 0. The predicted octanol–water partition coefficient (Wildman–Crippen LogP) is 2.92. The van der Waals surface area contributed by atoms with Crippen LogP contribution in [-0.4, -0.2) is 17.2 Å². The van der Waals surface area contributed by atoms with Crippen LogP contribution in [0.3, 0.4) is 0 Å². The standard InChI is InChI=1S/C14H11BrN2O2/c15-13-4-2-1-3-11(13)9-16-17-14(19)10-5-7-12(18)8-6-10/h1-9,18H,(H,17,19)/b16-9+. The van der Waals surface area contributed by atoms with Crippen LogP contribution in [0.4, 0.5) is 0 Å². The topological polar surface area (TPSA) is 61.7 Å². The lowest BCUT2D eigenvalue weighted by Gasteiger charge is -2.00. The summed E-state index contributed by atoms with van der Waals surface area (Å²) < 4.78 is 0.901. The quantitative estimate of drug-likeness (QED) is 0.675. The molecule has 0 bridgehead atoms. The van der Waals surface area contributed by atoms with Crippen molar-refractivity contribution in [2.24, 2.45) is 5.10 Å². The van der Waals surface area contributed by atoms with Crippen LogP contribution < -0.4 is 5.43 Å². The van der Waals surface area contributed by atoms with Gasteiger partial charge in [-0.25, -0.2) is 5.43 Å². The summed E-state index contributed by atoms with van der Waals surface area (Å²) in [5, 5.41) is 13.0. The highest BCUT2D eigenvalue weighted by molar-refractivity contribution is 9.10. The molecule has 0 aliphatic heterocycles. The van der Waals surface area contributed by atoms with Crippen LogP contribution in [-0.2, 0) is 0 Å². The van der Waals surface area contributed by atoms with E-state index in [0.717, 1.165) is 10.0 Å². The Morgan fingerprint density at radius 2 is 1.84 bits per heavy atom. The smallest absolute Gasteiger partial charge is 0.271 e. The zero-order chi connectivity index (χ0) is 13.7. The fraction of sp³-hybridized carbons (Fsp3) is 0. The van der Waals surface area contributed by atoms with Crippen LogP contribution in [0.15, 0.2) is 58.1 Å². The Hall–Kier alpha value is -2.14. The second kappa shape index (κ2) is 6.15. The van der Waals surface area contributed by atoms with Crippen molar-refractivity contribution in [3.63, 3.8) is 0 Å². The number of nitrogens with one attached hydrogen (secondary N) is 1. The van der Waals surface area contributed by atoms with Gasteiger partial charge >= 0.3 is 0 Å². The molecule has 0 unspecified atom stereocenters. The first-order chi connectivity index (χ1) is 9.16. The third kappa shape index (κ3) is 3.66. The van der Waals surface area contributed by atoms with Gasteiger partial charge in [0.25, 0.3) is 5.91 Å². The van der Waals surface area contributed by atoms with Crippen molar-refractivity contribution < 1.29 is 9.90 Å². The predicted molar refractivity (Wildman–Crippen MR) is 77.3 cm³/mol. The number of rotatable bonds is 3. The number of hydrogen-bond donors (Lipinski definition) is 2. The van der Waals surface area contributed by atoms with Gasteiger partial charge in [0.05, 0.1) is 6.21 Å². The fourth-order valence-electron chi connectivity index (χ4n) is 1.42. The maximum atomic E-state index is 11.7. The number of benzene rings is 2. The molecule has 0 atom stereocenters. The van der Waals surface area contributed by atoms with E-state index < -0.39 is 0 Å². The van der Waals surface area contributed by atoms with Crippen molar-refractivity contribution >= 4 is 28.1 Å². The minimum atomic E-state index is -0.330. The van der Waals surface area contributed by atoms with Crippen LogP contribution >= 0.6 is 15.9 Å². The van der Waals surface area contributed by atoms with Gasteiger partial charge in [-0.15, -0.1) is 0 Å². The molecule has 2 aromatic rings. The second-order valence-corrected chi connectivity index (χ2v) is 4.62. The molecule has 0 aliphatic carbocycles. The summed E-state index contributed by atoms with van der Waals surface area (Å²) in [5.41, 5.74) is 3.72. The van der Waals surface area contributed by atoms with Crippen molar-refractivity contribution in [2.45, 2.75) is 0 Å². The van der Waals surface area contributed by atoms with Crippen molar-refractivity contribution in [1.82, 2.24) is 5.43 Å². The molecule has 2 rings (SSSR count). The molecule has 2 N–H and O–H groups in total.